The summed E-state index contributed by atoms with van der Waals surface area (Å²) >= 11 is 0. The second-order valence-electron chi connectivity index (χ2n) is 6.18. The Morgan fingerprint density at radius 1 is 0.889 bits per heavy atom. The van der Waals surface area contributed by atoms with E-state index in [2.05, 4.69) is 10.1 Å². The highest BCUT2D eigenvalue weighted by Crippen LogP contribution is 2.19. The molecule has 2 atom stereocenters. The van der Waals surface area contributed by atoms with E-state index in [0.717, 1.165) is 11.1 Å². The minimum Gasteiger partial charge on any atom is -0.469 e. The first kappa shape index (κ1) is 20.2. The molecule has 6 heteroatoms. The number of ether oxygens (including phenoxy) is 2. The number of nitrogens with one attached hydrogen (secondary N) is 1. The molecule has 2 aromatic carbocycles. The van der Waals surface area contributed by atoms with Crippen molar-refractivity contribution in [3.05, 3.63) is 60.2 Å². The second kappa shape index (κ2) is 9.52. The Kier molecular flexibility index (Phi) is 7.11. The lowest BCUT2D eigenvalue weighted by molar-refractivity contribution is -0.146. The number of hydrogen-bond donors (Lipinski definition) is 1. The number of amides is 1. The van der Waals surface area contributed by atoms with Gasteiger partial charge in [0.25, 0.3) is 5.91 Å². The third-order valence-electron chi connectivity index (χ3n) is 4.28. The molecule has 2 rings (SSSR count). The van der Waals surface area contributed by atoms with Crippen molar-refractivity contribution >= 4 is 17.8 Å². The van der Waals surface area contributed by atoms with Crippen molar-refractivity contribution in [2.24, 2.45) is 5.92 Å². The Morgan fingerprint density at radius 3 is 2.04 bits per heavy atom. The Bertz CT molecular complexity index is 786. The number of benzene rings is 2. The van der Waals surface area contributed by atoms with Gasteiger partial charge in [-0.3, -0.25) is 9.59 Å². The van der Waals surface area contributed by atoms with Crippen molar-refractivity contribution in [3.63, 3.8) is 0 Å². The maximum atomic E-state index is 12.5. The number of hydrogen-bond acceptors (Lipinski definition) is 5. The first-order valence-corrected chi connectivity index (χ1v) is 8.57. The summed E-state index contributed by atoms with van der Waals surface area (Å²) in [5, 5.41) is 2.65. The number of esters is 2. The first-order chi connectivity index (χ1) is 13.0. The molecule has 27 heavy (non-hydrogen) atoms. The quantitative estimate of drug-likeness (QED) is 0.759. The molecular weight excluding hydrogens is 346 g/mol. The Hall–Kier alpha value is -3.15. The van der Waals surface area contributed by atoms with Crippen LogP contribution >= 0.6 is 0 Å². The summed E-state index contributed by atoms with van der Waals surface area (Å²) in [7, 11) is 2.51. The molecule has 0 saturated carbocycles. The van der Waals surface area contributed by atoms with Crippen molar-refractivity contribution in [2.45, 2.75) is 19.4 Å². The Morgan fingerprint density at radius 2 is 1.48 bits per heavy atom. The Balaban J connectivity index is 2.12. The van der Waals surface area contributed by atoms with Gasteiger partial charge in [-0.25, -0.2) is 4.79 Å². The smallest absolute Gasteiger partial charge is 0.328 e. The molecule has 0 saturated heterocycles. The minimum absolute atomic E-state index is 0.0104. The van der Waals surface area contributed by atoms with Gasteiger partial charge in [-0.05, 0) is 29.2 Å². The van der Waals surface area contributed by atoms with Crippen molar-refractivity contribution in [2.75, 3.05) is 14.2 Å². The van der Waals surface area contributed by atoms with E-state index in [-0.39, 0.29) is 6.42 Å². The zero-order chi connectivity index (χ0) is 19.8. The van der Waals surface area contributed by atoms with Crippen LogP contribution in [0.3, 0.4) is 0 Å². The fraction of sp³-hybridized carbons (Fsp3) is 0.286. The van der Waals surface area contributed by atoms with Crippen LogP contribution in [0.25, 0.3) is 11.1 Å². The average molecular weight is 369 g/mol. The highest BCUT2D eigenvalue weighted by atomic mass is 16.5. The lowest BCUT2D eigenvalue weighted by atomic mass is 9.97. The van der Waals surface area contributed by atoms with E-state index in [1.165, 1.54) is 14.2 Å². The van der Waals surface area contributed by atoms with Crippen LogP contribution in [0.5, 0.6) is 0 Å². The topological polar surface area (TPSA) is 81.7 Å². The second-order valence-corrected chi connectivity index (χ2v) is 6.18. The van der Waals surface area contributed by atoms with Gasteiger partial charge in [-0.1, -0.05) is 49.4 Å². The van der Waals surface area contributed by atoms with Gasteiger partial charge in [0.05, 0.1) is 20.6 Å². The molecule has 0 bridgehead atoms. The average Bonchev–Trinajstić information content (AvgIpc) is 2.71. The fourth-order valence-electron chi connectivity index (χ4n) is 2.69. The summed E-state index contributed by atoms with van der Waals surface area (Å²) in [4.78, 5) is 36.1. The van der Waals surface area contributed by atoms with E-state index in [1.54, 1.807) is 19.1 Å². The SMILES string of the molecule is COC(=O)C[C@H](C)[C@H](NC(=O)c1ccc(-c2ccccc2)cc1)C(=O)OC. The maximum absolute atomic E-state index is 12.5. The number of carbonyl (C=O) groups excluding carboxylic acids is 3. The van der Waals surface area contributed by atoms with Gasteiger partial charge in [0.15, 0.2) is 0 Å². The third kappa shape index (κ3) is 5.41. The van der Waals surface area contributed by atoms with Crippen LogP contribution in [0.2, 0.25) is 0 Å². The monoisotopic (exact) mass is 369 g/mol. The van der Waals surface area contributed by atoms with Gasteiger partial charge in [0.1, 0.15) is 6.04 Å². The zero-order valence-electron chi connectivity index (χ0n) is 15.6. The summed E-state index contributed by atoms with van der Waals surface area (Å²) in [5.74, 6) is -1.96. The summed E-state index contributed by atoms with van der Waals surface area (Å²) < 4.78 is 9.38. The Labute approximate surface area is 158 Å². The van der Waals surface area contributed by atoms with Gasteiger partial charge < -0.3 is 14.8 Å². The molecule has 1 amide bonds. The van der Waals surface area contributed by atoms with Gasteiger partial charge in [-0.15, -0.1) is 0 Å². The molecule has 0 fully saturated rings. The molecule has 0 heterocycles. The van der Waals surface area contributed by atoms with Crippen LogP contribution in [-0.4, -0.2) is 38.1 Å². The van der Waals surface area contributed by atoms with E-state index in [9.17, 15) is 14.4 Å². The van der Waals surface area contributed by atoms with Crippen LogP contribution < -0.4 is 5.32 Å². The molecular formula is C21H23NO5. The van der Waals surface area contributed by atoms with E-state index in [1.807, 2.05) is 42.5 Å². The molecule has 1 N–H and O–H groups in total. The summed E-state index contributed by atoms with van der Waals surface area (Å²) in [6, 6.07) is 15.9. The molecule has 0 aliphatic carbocycles. The molecule has 2 aromatic rings. The van der Waals surface area contributed by atoms with Gasteiger partial charge in [0.2, 0.25) is 0 Å². The minimum atomic E-state index is -0.949. The molecule has 0 spiro atoms. The predicted molar refractivity (Wildman–Crippen MR) is 101 cm³/mol. The van der Waals surface area contributed by atoms with Crippen molar-refractivity contribution in [3.8, 4) is 11.1 Å². The van der Waals surface area contributed by atoms with Crippen LogP contribution in [0, 0.1) is 5.92 Å². The van der Waals surface area contributed by atoms with E-state index in [0.29, 0.717) is 5.56 Å². The fourth-order valence-corrected chi connectivity index (χ4v) is 2.69. The van der Waals surface area contributed by atoms with Crippen LogP contribution in [-0.2, 0) is 19.1 Å². The molecule has 142 valence electrons. The molecule has 0 aliphatic heterocycles. The first-order valence-electron chi connectivity index (χ1n) is 8.57. The van der Waals surface area contributed by atoms with Gasteiger partial charge in [0, 0.05) is 5.56 Å². The lowest BCUT2D eigenvalue weighted by Gasteiger charge is -2.22. The van der Waals surface area contributed by atoms with Crippen LogP contribution in [0.1, 0.15) is 23.7 Å². The zero-order valence-corrected chi connectivity index (χ0v) is 15.6. The molecule has 0 unspecified atom stereocenters. The van der Waals surface area contributed by atoms with E-state index in [4.69, 9.17) is 4.74 Å². The number of methoxy groups -OCH3 is 2. The molecule has 0 aliphatic rings. The highest BCUT2D eigenvalue weighted by molar-refractivity contribution is 5.97. The summed E-state index contributed by atoms with van der Waals surface area (Å²) in [6.07, 6.45) is -0.0104. The van der Waals surface area contributed by atoms with Crippen molar-refractivity contribution in [1.82, 2.24) is 5.32 Å². The standard InChI is InChI=1S/C21H23NO5/c1-14(13-18(23)26-2)19(21(25)27-3)22-20(24)17-11-9-16(10-12-17)15-7-5-4-6-8-15/h4-12,14,19H,13H2,1-3H3,(H,22,24)/t14-,19-/m0/s1. The largest absolute Gasteiger partial charge is 0.469 e. The third-order valence-corrected chi connectivity index (χ3v) is 4.28. The lowest BCUT2D eigenvalue weighted by Crippen LogP contribution is -2.46. The maximum Gasteiger partial charge on any atom is 0.328 e. The molecule has 0 aromatic heterocycles. The van der Waals surface area contributed by atoms with Crippen molar-refractivity contribution in [1.29, 1.82) is 0 Å². The van der Waals surface area contributed by atoms with Crippen LogP contribution in [0.4, 0.5) is 0 Å². The number of carbonyl (C=O) groups is 3. The van der Waals surface area contributed by atoms with Gasteiger partial charge >= 0.3 is 11.9 Å². The number of rotatable bonds is 7. The predicted octanol–water partition coefficient (Wildman–Crippen LogP) is 2.82. The molecule has 6 nitrogen and oxygen atoms in total. The normalized spacial score (nSPS) is 12.6. The highest BCUT2D eigenvalue weighted by Gasteiger charge is 2.30. The van der Waals surface area contributed by atoms with E-state index >= 15 is 0 Å². The van der Waals surface area contributed by atoms with Crippen LogP contribution in [0.15, 0.2) is 54.6 Å². The van der Waals surface area contributed by atoms with Gasteiger partial charge in [-0.2, -0.15) is 0 Å². The summed E-state index contributed by atoms with van der Waals surface area (Å²) in [5.41, 5.74) is 2.44. The molecule has 0 radical (unpaired) electrons. The van der Waals surface area contributed by atoms with E-state index < -0.39 is 29.8 Å². The summed E-state index contributed by atoms with van der Waals surface area (Å²) in [6.45, 7) is 1.68. The van der Waals surface area contributed by atoms with Crippen molar-refractivity contribution < 1.29 is 23.9 Å².